The van der Waals surface area contributed by atoms with Crippen LogP contribution in [0.15, 0.2) is 34.6 Å². The van der Waals surface area contributed by atoms with Gasteiger partial charge >= 0.3 is 11.9 Å². The first kappa shape index (κ1) is 13.5. The lowest BCUT2D eigenvalue weighted by atomic mass is 10.2. The highest BCUT2D eigenvalue weighted by molar-refractivity contribution is 9.10. The number of anilines is 1. The summed E-state index contributed by atoms with van der Waals surface area (Å²) in [5, 5.41) is 2.74. The minimum Gasteiger partial charge on any atom is -0.419 e. The number of carbonyl (C=O) groups is 2. The Morgan fingerprint density at radius 1 is 1.32 bits per heavy atom. The van der Waals surface area contributed by atoms with Crippen LogP contribution in [0, 0.1) is 0 Å². The Kier molecular flexibility index (Phi) is 3.57. The molecule has 100 valence electrons. The third-order valence-corrected chi connectivity index (χ3v) is 2.70. The average molecular weight is 327 g/mol. The molecule has 2 heterocycles. The number of esters is 2. The number of hydrogen-bond acceptors (Lipinski definition) is 6. The number of ether oxygens (including phenoxy) is 2. The van der Waals surface area contributed by atoms with Gasteiger partial charge in [-0.2, -0.15) is 0 Å². The molecule has 0 unspecified atom stereocenters. The Morgan fingerprint density at radius 2 is 1.95 bits per heavy atom. The number of cyclic esters (lactones) is 2. The third-order valence-electron chi connectivity index (χ3n) is 2.20. The molecule has 0 amide bonds. The molecule has 1 aromatic heterocycles. The van der Waals surface area contributed by atoms with Crippen molar-refractivity contribution in [2.45, 2.75) is 19.6 Å². The average Bonchev–Trinajstić information content (AvgIpc) is 2.26. The number of carbonyl (C=O) groups excluding carboxylic acids is 2. The first-order chi connectivity index (χ1) is 8.87. The van der Waals surface area contributed by atoms with Crippen LogP contribution in [0.4, 0.5) is 5.82 Å². The van der Waals surface area contributed by atoms with Gasteiger partial charge in [-0.15, -0.1) is 0 Å². The summed E-state index contributed by atoms with van der Waals surface area (Å²) in [7, 11) is 0. The molecule has 2 rings (SSSR count). The molecule has 1 saturated heterocycles. The molecule has 1 aliphatic heterocycles. The minimum absolute atomic E-state index is 0.207. The number of nitrogens with zero attached hydrogens (tertiary/aromatic N) is 1. The Morgan fingerprint density at radius 3 is 2.53 bits per heavy atom. The number of pyridine rings is 1. The summed E-state index contributed by atoms with van der Waals surface area (Å²) in [5.74, 6) is -2.22. The zero-order valence-electron chi connectivity index (χ0n) is 10.3. The topological polar surface area (TPSA) is 77.5 Å². The van der Waals surface area contributed by atoms with Crippen LogP contribution in [0.2, 0.25) is 0 Å². The first-order valence-electron chi connectivity index (χ1n) is 5.42. The van der Waals surface area contributed by atoms with Gasteiger partial charge in [-0.25, -0.2) is 14.6 Å². The Labute approximate surface area is 117 Å². The predicted molar refractivity (Wildman–Crippen MR) is 69.9 cm³/mol. The highest BCUT2D eigenvalue weighted by Crippen LogP contribution is 2.22. The molecule has 1 aliphatic rings. The summed E-state index contributed by atoms with van der Waals surface area (Å²) < 4.78 is 10.7. The van der Waals surface area contributed by atoms with Gasteiger partial charge in [0.1, 0.15) is 5.82 Å². The number of rotatable bonds is 2. The minimum atomic E-state index is -1.24. The standard InChI is InChI=1S/C12H11BrN2O4/c1-12(2)18-10(16)8(11(17)19-12)6-15-9-5-7(13)3-4-14-9/h3-6H,1-2H3,(H,14,15). The van der Waals surface area contributed by atoms with E-state index >= 15 is 0 Å². The molecule has 0 bridgehead atoms. The Bertz CT molecular complexity index is 547. The van der Waals surface area contributed by atoms with Crippen molar-refractivity contribution in [1.29, 1.82) is 0 Å². The summed E-state index contributed by atoms with van der Waals surface area (Å²) in [4.78, 5) is 27.3. The summed E-state index contributed by atoms with van der Waals surface area (Å²) in [6, 6.07) is 3.45. The lowest BCUT2D eigenvalue weighted by molar-refractivity contribution is -0.222. The van der Waals surface area contributed by atoms with Crippen LogP contribution in [0.1, 0.15) is 13.8 Å². The maximum Gasteiger partial charge on any atom is 0.350 e. The van der Waals surface area contributed by atoms with E-state index in [0.29, 0.717) is 5.82 Å². The molecular formula is C12H11BrN2O4. The van der Waals surface area contributed by atoms with Gasteiger partial charge < -0.3 is 14.8 Å². The van der Waals surface area contributed by atoms with Gasteiger partial charge in [-0.1, -0.05) is 15.9 Å². The Hall–Kier alpha value is -1.89. The van der Waals surface area contributed by atoms with E-state index in [4.69, 9.17) is 9.47 Å². The third kappa shape index (κ3) is 3.31. The van der Waals surface area contributed by atoms with Crippen molar-refractivity contribution in [1.82, 2.24) is 4.98 Å². The Balaban J connectivity index is 2.15. The molecule has 0 spiro atoms. The monoisotopic (exact) mass is 326 g/mol. The number of hydrogen-bond donors (Lipinski definition) is 1. The molecule has 19 heavy (non-hydrogen) atoms. The highest BCUT2D eigenvalue weighted by Gasteiger charge is 2.38. The van der Waals surface area contributed by atoms with Crippen LogP contribution < -0.4 is 5.32 Å². The SMILES string of the molecule is CC1(C)OC(=O)C(=CNc2cc(Br)ccn2)C(=O)O1. The van der Waals surface area contributed by atoms with Crippen molar-refractivity contribution in [3.8, 4) is 0 Å². The fraction of sp³-hybridized carbons (Fsp3) is 0.250. The maximum absolute atomic E-state index is 11.6. The molecule has 7 heteroatoms. The van der Waals surface area contributed by atoms with Crippen LogP contribution in [-0.2, 0) is 19.1 Å². The molecular weight excluding hydrogens is 316 g/mol. The summed E-state index contributed by atoms with van der Waals surface area (Å²) in [5.41, 5.74) is -0.207. The van der Waals surface area contributed by atoms with E-state index in [1.165, 1.54) is 20.0 Å². The van der Waals surface area contributed by atoms with Gasteiger partial charge in [0.25, 0.3) is 5.79 Å². The van der Waals surface area contributed by atoms with Gasteiger partial charge in [-0.05, 0) is 12.1 Å². The van der Waals surface area contributed by atoms with Gasteiger partial charge in [-0.3, -0.25) is 0 Å². The summed E-state index contributed by atoms with van der Waals surface area (Å²) >= 11 is 3.28. The molecule has 0 atom stereocenters. The fourth-order valence-corrected chi connectivity index (χ4v) is 1.74. The zero-order chi connectivity index (χ0) is 14.0. The van der Waals surface area contributed by atoms with E-state index in [-0.39, 0.29) is 5.57 Å². The molecule has 1 aromatic rings. The van der Waals surface area contributed by atoms with Gasteiger partial charge in [0.2, 0.25) is 0 Å². The van der Waals surface area contributed by atoms with Crippen molar-refractivity contribution < 1.29 is 19.1 Å². The quantitative estimate of drug-likeness (QED) is 0.508. The summed E-state index contributed by atoms with van der Waals surface area (Å²) in [6.45, 7) is 2.98. The van der Waals surface area contributed by atoms with Crippen molar-refractivity contribution in [3.63, 3.8) is 0 Å². The molecule has 1 fully saturated rings. The van der Waals surface area contributed by atoms with E-state index in [2.05, 4.69) is 26.2 Å². The normalized spacial score (nSPS) is 17.5. The van der Waals surface area contributed by atoms with Crippen molar-refractivity contribution in [3.05, 3.63) is 34.6 Å². The lowest BCUT2D eigenvalue weighted by Gasteiger charge is -2.29. The molecule has 0 aliphatic carbocycles. The molecule has 1 N–H and O–H groups in total. The van der Waals surface area contributed by atoms with Crippen molar-refractivity contribution in [2.75, 3.05) is 5.32 Å². The van der Waals surface area contributed by atoms with Crippen molar-refractivity contribution in [2.24, 2.45) is 0 Å². The van der Waals surface area contributed by atoms with E-state index in [1.807, 2.05) is 0 Å². The molecule has 0 saturated carbocycles. The van der Waals surface area contributed by atoms with E-state index < -0.39 is 17.7 Å². The summed E-state index contributed by atoms with van der Waals surface area (Å²) in [6.07, 6.45) is 2.79. The largest absolute Gasteiger partial charge is 0.419 e. The fourth-order valence-electron chi connectivity index (χ4n) is 1.41. The number of halogens is 1. The van der Waals surface area contributed by atoms with Gasteiger partial charge in [0.15, 0.2) is 5.57 Å². The lowest BCUT2D eigenvalue weighted by Crippen LogP contribution is -2.42. The van der Waals surface area contributed by atoms with E-state index in [0.717, 1.165) is 4.47 Å². The molecule has 0 aromatic carbocycles. The zero-order valence-corrected chi connectivity index (χ0v) is 11.9. The van der Waals surface area contributed by atoms with Gasteiger partial charge in [0.05, 0.1) is 0 Å². The predicted octanol–water partition coefficient (Wildman–Crippen LogP) is 1.98. The van der Waals surface area contributed by atoms with Crippen molar-refractivity contribution >= 4 is 33.7 Å². The van der Waals surface area contributed by atoms with Gasteiger partial charge in [0, 0.05) is 30.7 Å². The maximum atomic E-state index is 11.6. The highest BCUT2D eigenvalue weighted by atomic mass is 79.9. The van der Waals surface area contributed by atoms with Crippen LogP contribution in [0.5, 0.6) is 0 Å². The first-order valence-corrected chi connectivity index (χ1v) is 6.22. The van der Waals surface area contributed by atoms with Crippen LogP contribution >= 0.6 is 15.9 Å². The number of aromatic nitrogens is 1. The van der Waals surface area contributed by atoms with E-state index in [9.17, 15) is 9.59 Å². The molecule has 0 radical (unpaired) electrons. The smallest absolute Gasteiger partial charge is 0.350 e. The second-order valence-electron chi connectivity index (χ2n) is 4.24. The van der Waals surface area contributed by atoms with Crippen LogP contribution in [0.25, 0.3) is 0 Å². The van der Waals surface area contributed by atoms with Crippen LogP contribution in [-0.4, -0.2) is 22.7 Å². The van der Waals surface area contributed by atoms with E-state index in [1.54, 1.807) is 18.3 Å². The number of nitrogens with one attached hydrogen (secondary N) is 1. The van der Waals surface area contributed by atoms with Crippen LogP contribution in [0.3, 0.4) is 0 Å². The second-order valence-corrected chi connectivity index (χ2v) is 5.16. The second kappa shape index (κ2) is 5.00. The molecule has 6 nitrogen and oxygen atoms in total.